The lowest BCUT2D eigenvalue weighted by atomic mass is 10.1. The number of carbonyl (C=O) groups excluding carboxylic acids is 1. The molecule has 1 unspecified atom stereocenters. The molecule has 126 valence electrons. The van der Waals surface area contributed by atoms with E-state index in [1.807, 2.05) is 36.4 Å². The van der Waals surface area contributed by atoms with Gasteiger partial charge in [0.15, 0.2) is 5.92 Å². The van der Waals surface area contributed by atoms with Crippen molar-refractivity contribution in [1.82, 2.24) is 5.32 Å². The van der Waals surface area contributed by atoms with Gasteiger partial charge < -0.3 is 9.47 Å². The standard InChI is InChI=1S/C18H15N3O3S/c19-11-15(16(20)23-12-13-7-3-1-4-8-13)17(25)21-18(22)24-14-9-5-2-6-10-14/h1-10,15,20H,12H2,(H,21,22,25). The van der Waals surface area contributed by atoms with Crippen LogP contribution in [0.15, 0.2) is 60.7 Å². The number of nitrogens with zero attached hydrogens (tertiary/aromatic N) is 1. The predicted octanol–water partition coefficient (Wildman–Crippen LogP) is 3.44. The van der Waals surface area contributed by atoms with Crippen LogP contribution < -0.4 is 10.1 Å². The Bertz CT molecular complexity index is 788. The Labute approximate surface area is 150 Å². The van der Waals surface area contributed by atoms with Crippen molar-refractivity contribution in [3.8, 4) is 11.8 Å². The van der Waals surface area contributed by atoms with Gasteiger partial charge in [-0.3, -0.25) is 10.7 Å². The summed E-state index contributed by atoms with van der Waals surface area (Å²) in [6.45, 7) is 0.134. The summed E-state index contributed by atoms with van der Waals surface area (Å²) in [5.41, 5.74) is 0.853. The molecule has 0 fully saturated rings. The maximum atomic E-state index is 11.8. The Hall–Kier alpha value is -3.24. The predicted molar refractivity (Wildman–Crippen MR) is 96.3 cm³/mol. The fourth-order valence-electron chi connectivity index (χ4n) is 1.85. The molecule has 2 rings (SSSR count). The summed E-state index contributed by atoms with van der Waals surface area (Å²) in [5, 5.41) is 19.4. The number of thiocarbonyl (C=S) groups is 1. The van der Waals surface area contributed by atoms with Gasteiger partial charge in [-0.25, -0.2) is 4.79 Å². The third-order valence-corrected chi connectivity index (χ3v) is 3.41. The van der Waals surface area contributed by atoms with Gasteiger partial charge in [0, 0.05) is 0 Å². The zero-order chi connectivity index (χ0) is 18.1. The number of benzene rings is 2. The Morgan fingerprint density at radius 2 is 1.76 bits per heavy atom. The second-order valence-electron chi connectivity index (χ2n) is 4.89. The number of para-hydroxylation sites is 1. The summed E-state index contributed by atoms with van der Waals surface area (Å²) in [7, 11) is 0. The van der Waals surface area contributed by atoms with Crippen LogP contribution in [-0.2, 0) is 11.3 Å². The van der Waals surface area contributed by atoms with Gasteiger partial charge in [-0.2, -0.15) is 5.26 Å². The van der Waals surface area contributed by atoms with E-state index in [2.05, 4.69) is 5.32 Å². The van der Waals surface area contributed by atoms with Gasteiger partial charge in [-0.15, -0.1) is 0 Å². The summed E-state index contributed by atoms with van der Waals surface area (Å²) in [5.74, 6) is -1.18. The van der Waals surface area contributed by atoms with Gasteiger partial charge in [0.25, 0.3) is 0 Å². The summed E-state index contributed by atoms with van der Waals surface area (Å²) < 4.78 is 10.3. The minimum Gasteiger partial charge on any atom is -0.475 e. The molecular weight excluding hydrogens is 338 g/mol. The molecule has 0 aliphatic rings. The molecule has 1 atom stereocenters. The lowest BCUT2D eigenvalue weighted by Gasteiger charge is -2.14. The Kier molecular flexibility index (Phi) is 6.63. The molecule has 1 amide bonds. The van der Waals surface area contributed by atoms with E-state index < -0.39 is 12.0 Å². The van der Waals surface area contributed by atoms with Crippen LogP contribution in [0.5, 0.6) is 5.75 Å². The fraction of sp³-hybridized carbons (Fsp3) is 0.111. The van der Waals surface area contributed by atoms with Gasteiger partial charge in [0.2, 0.25) is 5.90 Å². The second-order valence-corrected chi connectivity index (χ2v) is 5.33. The maximum Gasteiger partial charge on any atom is 0.417 e. The molecule has 0 radical (unpaired) electrons. The van der Waals surface area contributed by atoms with Gasteiger partial charge in [-0.05, 0) is 17.7 Å². The summed E-state index contributed by atoms with van der Waals surface area (Å²) >= 11 is 5.02. The molecule has 2 aromatic carbocycles. The first-order valence-corrected chi connectivity index (χ1v) is 7.73. The number of nitriles is 1. The van der Waals surface area contributed by atoms with E-state index in [1.165, 1.54) is 0 Å². The summed E-state index contributed by atoms with van der Waals surface area (Å²) in [4.78, 5) is 11.7. The number of carbonyl (C=O) groups is 1. The zero-order valence-electron chi connectivity index (χ0n) is 13.1. The number of nitrogens with one attached hydrogen (secondary N) is 2. The van der Waals surface area contributed by atoms with Crippen molar-refractivity contribution in [1.29, 1.82) is 10.7 Å². The first-order valence-electron chi connectivity index (χ1n) is 7.32. The van der Waals surface area contributed by atoms with Crippen molar-refractivity contribution in [2.45, 2.75) is 6.61 Å². The molecule has 25 heavy (non-hydrogen) atoms. The van der Waals surface area contributed by atoms with Gasteiger partial charge in [0.1, 0.15) is 17.3 Å². The molecule has 0 spiro atoms. The minimum absolute atomic E-state index is 0.134. The molecule has 2 aromatic rings. The fourth-order valence-corrected chi connectivity index (χ4v) is 2.09. The van der Waals surface area contributed by atoms with Crippen LogP contribution in [0.25, 0.3) is 0 Å². The van der Waals surface area contributed by atoms with Crippen LogP contribution in [-0.4, -0.2) is 17.0 Å². The van der Waals surface area contributed by atoms with Crippen molar-refractivity contribution < 1.29 is 14.3 Å². The first kappa shape index (κ1) is 18.1. The average molecular weight is 353 g/mol. The highest BCUT2D eigenvalue weighted by molar-refractivity contribution is 7.80. The first-order chi connectivity index (χ1) is 12.1. The highest BCUT2D eigenvalue weighted by Gasteiger charge is 2.23. The SMILES string of the molecule is N#CC(C(=N)OCc1ccccc1)C(=S)NC(=O)Oc1ccccc1. The van der Waals surface area contributed by atoms with Crippen LogP contribution in [0.2, 0.25) is 0 Å². The van der Waals surface area contributed by atoms with Crippen LogP contribution in [0.4, 0.5) is 4.79 Å². The minimum atomic E-state index is -1.18. The Morgan fingerprint density at radius 1 is 1.16 bits per heavy atom. The average Bonchev–Trinajstić information content (AvgIpc) is 2.62. The molecule has 0 saturated carbocycles. The van der Waals surface area contributed by atoms with E-state index in [-0.39, 0.29) is 17.5 Å². The molecule has 0 aliphatic carbocycles. The van der Waals surface area contributed by atoms with Gasteiger partial charge in [-0.1, -0.05) is 60.7 Å². The third kappa shape index (κ3) is 5.71. The largest absolute Gasteiger partial charge is 0.475 e. The summed E-state index contributed by atoms with van der Waals surface area (Å²) in [6, 6.07) is 19.5. The topological polar surface area (TPSA) is 95.2 Å². The highest BCUT2D eigenvalue weighted by Crippen LogP contribution is 2.10. The summed E-state index contributed by atoms with van der Waals surface area (Å²) in [6.07, 6.45) is -0.827. The molecule has 6 nitrogen and oxygen atoms in total. The van der Waals surface area contributed by atoms with Crippen LogP contribution in [0.3, 0.4) is 0 Å². The monoisotopic (exact) mass is 353 g/mol. The molecule has 2 N–H and O–H groups in total. The Balaban J connectivity index is 1.88. The Morgan fingerprint density at radius 3 is 2.36 bits per heavy atom. The zero-order valence-corrected chi connectivity index (χ0v) is 14.0. The van der Waals surface area contributed by atoms with Crippen molar-refractivity contribution in [2.75, 3.05) is 0 Å². The lowest BCUT2D eigenvalue weighted by Crippen LogP contribution is -2.39. The van der Waals surface area contributed by atoms with Crippen LogP contribution >= 0.6 is 12.2 Å². The van der Waals surface area contributed by atoms with Crippen LogP contribution in [0, 0.1) is 22.7 Å². The number of hydrogen-bond acceptors (Lipinski definition) is 6. The highest BCUT2D eigenvalue weighted by atomic mass is 32.1. The van der Waals surface area contributed by atoms with E-state index in [9.17, 15) is 10.1 Å². The quantitative estimate of drug-likeness (QED) is 0.488. The molecule has 0 heterocycles. The van der Waals surface area contributed by atoms with Crippen molar-refractivity contribution in [3.05, 3.63) is 66.2 Å². The third-order valence-electron chi connectivity index (χ3n) is 3.07. The number of amides is 1. The van der Waals surface area contributed by atoms with Crippen molar-refractivity contribution in [3.63, 3.8) is 0 Å². The molecule has 7 heteroatoms. The smallest absolute Gasteiger partial charge is 0.417 e. The second kappa shape index (κ2) is 9.15. The molecule has 0 aliphatic heterocycles. The van der Waals surface area contributed by atoms with E-state index in [0.717, 1.165) is 5.56 Å². The van der Waals surface area contributed by atoms with E-state index in [1.54, 1.807) is 30.3 Å². The number of hydrogen-bond donors (Lipinski definition) is 2. The lowest BCUT2D eigenvalue weighted by molar-refractivity contribution is 0.206. The molecule has 0 saturated heterocycles. The number of ether oxygens (including phenoxy) is 2. The molecule has 0 bridgehead atoms. The normalized spacial score (nSPS) is 10.8. The van der Waals surface area contributed by atoms with E-state index in [0.29, 0.717) is 5.75 Å². The van der Waals surface area contributed by atoms with E-state index >= 15 is 0 Å². The molecular formula is C18H15N3O3S. The van der Waals surface area contributed by atoms with Crippen molar-refractivity contribution >= 4 is 29.2 Å². The maximum absolute atomic E-state index is 11.8. The van der Waals surface area contributed by atoms with Gasteiger partial charge >= 0.3 is 6.09 Å². The van der Waals surface area contributed by atoms with Crippen LogP contribution in [0.1, 0.15) is 5.56 Å². The molecule has 0 aromatic heterocycles. The van der Waals surface area contributed by atoms with Crippen molar-refractivity contribution in [2.24, 2.45) is 5.92 Å². The van der Waals surface area contributed by atoms with E-state index in [4.69, 9.17) is 27.1 Å². The number of rotatable bonds is 5. The van der Waals surface area contributed by atoms with Gasteiger partial charge in [0.05, 0.1) is 6.07 Å².